The van der Waals surface area contributed by atoms with Crippen LogP contribution in [0.5, 0.6) is 0 Å². The quantitative estimate of drug-likeness (QED) is 0.401. The van der Waals surface area contributed by atoms with Crippen molar-refractivity contribution in [3.05, 3.63) is 58.3 Å². The van der Waals surface area contributed by atoms with Crippen LogP contribution in [0, 0.1) is 12.8 Å². The van der Waals surface area contributed by atoms with Crippen molar-refractivity contribution < 1.29 is 31.7 Å². The predicted molar refractivity (Wildman–Crippen MR) is 133 cm³/mol. The van der Waals surface area contributed by atoms with Gasteiger partial charge in [-0.15, -0.1) is 0 Å². The largest absolute Gasteiger partial charge is 0.433 e. The molecule has 1 aliphatic carbocycles. The Kier molecular flexibility index (Phi) is 7.72. The highest BCUT2D eigenvalue weighted by Gasteiger charge is 2.57. The zero-order chi connectivity index (χ0) is 27.0. The minimum Gasteiger partial charge on any atom is -0.378 e. The summed E-state index contributed by atoms with van der Waals surface area (Å²) in [5.41, 5.74) is 0.893. The standard InChI is InChI=1S/C25H29F3N4O4S/c1-14-12-16(4-5-17(14)23(34)36-37-29)15(2)30-22(33)19-13-24(19,3)18-6-7-20(25(26,27)28)31-21(18)32-8-10-35-11-9-32/h4-7,12,15,19H,8-11,13,29H2,1-3H3,(H,30,33)/t15-,19-,24-/m1/s1. The van der Waals surface area contributed by atoms with E-state index in [0.29, 0.717) is 61.6 Å². The highest BCUT2D eigenvalue weighted by Crippen LogP contribution is 2.56. The van der Waals surface area contributed by atoms with E-state index in [1.807, 2.05) is 13.8 Å². The molecule has 1 saturated heterocycles. The van der Waals surface area contributed by atoms with E-state index in [4.69, 9.17) is 14.1 Å². The number of hydrogen-bond donors (Lipinski definition) is 2. The van der Waals surface area contributed by atoms with Crippen LogP contribution < -0.4 is 15.4 Å². The topological polar surface area (TPSA) is 107 Å². The van der Waals surface area contributed by atoms with Gasteiger partial charge in [0.15, 0.2) is 0 Å². The molecule has 1 aromatic heterocycles. The van der Waals surface area contributed by atoms with E-state index in [9.17, 15) is 22.8 Å². The molecule has 8 nitrogen and oxygen atoms in total. The van der Waals surface area contributed by atoms with E-state index < -0.39 is 29.2 Å². The third-order valence-electron chi connectivity index (χ3n) is 7.10. The fourth-order valence-electron chi connectivity index (χ4n) is 4.78. The lowest BCUT2D eigenvalue weighted by atomic mass is 9.94. The van der Waals surface area contributed by atoms with Gasteiger partial charge >= 0.3 is 12.1 Å². The predicted octanol–water partition coefficient (Wildman–Crippen LogP) is 4.08. The average Bonchev–Trinajstić information content (AvgIpc) is 3.56. The number of nitrogens with two attached hydrogens (primary N) is 1. The first-order valence-corrected chi connectivity index (χ1v) is 12.7. The Morgan fingerprint density at radius 3 is 2.59 bits per heavy atom. The van der Waals surface area contributed by atoms with Crippen molar-refractivity contribution in [2.45, 2.75) is 44.8 Å². The average molecular weight is 539 g/mol. The number of aryl methyl sites for hydroxylation is 1. The number of morpholine rings is 1. The van der Waals surface area contributed by atoms with E-state index in [1.54, 1.807) is 30.0 Å². The molecule has 0 unspecified atom stereocenters. The monoisotopic (exact) mass is 538 g/mol. The number of nitrogens with zero attached hydrogens (tertiary/aromatic N) is 2. The number of rotatable bonds is 7. The molecule has 1 amide bonds. The molecular weight excluding hydrogens is 509 g/mol. The van der Waals surface area contributed by atoms with Crippen molar-refractivity contribution in [3.8, 4) is 0 Å². The molecule has 0 bridgehead atoms. The maximum atomic E-state index is 13.4. The van der Waals surface area contributed by atoms with Crippen LogP contribution in [-0.2, 0) is 25.3 Å². The smallest absolute Gasteiger partial charge is 0.378 e. The summed E-state index contributed by atoms with van der Waals surface area (Å²) in [5.74, 6) is -0.894. The maximum absolute atomic E-state index is 13.4. The van der Waals surface area contributed by atoms with E-state index >= 15 is 0 Å². The molecule has 2 aliphatic rings. The number of anilines is 1. The third-order valence-corrected chi connectivity index (χ3v) is 7.35. The van der Waals surface area contributed by atoms with Crippen LogP contribution in [0.2, 0.25) is 0 Å². The maximum Gasteiger partial charge on any atom is 0.433 e. The van der Waals surface area contributed by atoms with E-state index in [2.05, 4.69) is 10.3 Å². The van der Waals surface area contributed by atoms with Gasteiger partial charge in [-0.2, -0.15) is 13.2 Å². The van der Waals surface area contributed by atoms with Crippen molar-refractivity contribution in [2.24, 2.45) is 11.1 Å². The van der Waals surface area contributed by atoms with Gasteiger partial charge in [0.2, 0.25) is 5.91 Å². The van der Waals surface area contributed by atoms with Crippen molar-refractivity contribution in [3.63, 3.8) is 0 Å². The summed E-state index contributed by atoms with van der Waals surface area (Å²) in [5, 5.41) is 8.20. The van der Waals surface area contributed by atoms with E-state index in [-0.39, 0.29) is 17.8 Å². The van der Waals surface area contributed by atoms with Crippen LogP contribution in [0.4, 0.5) is 19.0 Å². The number of ether oxygens (including phenoxy) is 1. The molecule has 4 rings (SSSR count). The number of pyridine rings is 1. The Bertz CT molecular complexity index is 1190. The highest BCUT2D eigenvalue weighted by atomic mass is 32.2. The lowest BCUT2D eigenvalue weighted by Gasteiger charge is -2.31. The minimum absolute atomic E-state index is 0.191. The fraction of sp³-hybridized carbons (Fsp3) is 0.480. The van der Waals surface area contributed by atoms with Gasteiger partial charge in [0.1, 0.15) is 23.7 Å². The van der Waals surface area contributed by atoms with Crippen LogP contribution in [0.3, 0.4) is 0 Å². The fourth-order valence-corrected chi connectivity index (χ4v) is 4.96. The van der Waals surface area contributed by atoms with Gasteiger partial charge in [0, 0.05) is 30.0 Å². The Morgan fingerprint density at radius 2 is 1.97 bits per heavy atom. The van der Waals surface area contributed by atoms with Gasteiger partial charge in [-0.25, -0.2) is 14.9 Å². The molecule has 1 aliphatic heterocycles. The van der Waals surface area contributed by atoms with Crippen molar-refractivity contribution in [1.29, 1.82) is 0 Å². The molecular formula is C25H29F3N4O4S. The van der Waals surface area contributed by atoms with Gasteiger partial charge in [-0.3, -0.25) is 4.79 Å². The van der Waals surface area contributed by atoms with Crippen LogP contribution in [0.1, 0.15) is 59.1 Å². The lowest BCUT2D eigenvalue weighted by molar-refractivity contribution is -0.141. The number of carbonyl (C=O) groups is 2. The number of nitrogens with one attached hydrogen (secondary N) is 1. The highest BCUT2D eigenvalue weighted by molar-refractivity contribution is 7.92. The number of alkyl halides is 3. The molecule has 3 atom stereocenters. The summed E-state index contributed by atoms with van der Waals surface area (Å²) < 4.78 is 50.4. The third kappa shape index (κ3) is 5.70. The molecule has 1 saturated carbocycles. The Balaban J connectivity index is 1.51. The van der Waals surface area contributed by atoms with Gasteiger partial charge in [-0.1, -0.05) is 25.1 Å². The molecule has 0 radical (unpaired) electrons. The van der Waals surface area contributed by atoms with Gasteiger partial charge in [-0.05, 0) is 43.5 Å². The van der Waals surface area contributed by atoms with Crippen molar-refractivity contribution in [1.82, 2.24) is 10.3 Å². The zero-order valence-corrected chi connectivity index (χ0v) is 21.5. The molecule has 2 aromatic rings. The second-order valence-corrected chi connectivity index (χ2v) is 9.97. The summed E-state index contributed by atoms with van der Waals surface area (Å²) in [6.45, 7) is 7.14. The normalized spacial score (nSPS) is 22.4. The molecule has 200 valence electrons. The molecule has 12 heteroatoms. The summed E-state index contributed by atoms with van der Waals surface area (Å²) in [6.07, 6.45) is -4.07. The number of halogens is 3. The van der Waals surface area contributed by atoms with Crippen LogP contribution in [-0.4, -0.2) is 43.2 Å². The summed E-state index contributed by atoms with van der Waals surface area (Å²) in [4.78, 5) is 31.0. The second-order valence-electron chi connectivity index (χ2n) is 9.61. The SMILES string of the molecule is Cc1cc([C@@H](C)NC(=O)[C@H]2C[C@]2(C)c2ccc(C(F)(F)F)nc2N2CCOCC2)ccc1C(=O)OSN. The Hall–Kier alpha value is -2.83. The van der Waals surface area contributed by atoms with Crippen molar-refractivity contribution in [2.75, 3.05) is 31.2 Å². The molecule has 0 spiro atoms. The molecule has 3 N–H and O–H groups in total. The van der Waals surface area contributed by atoms with Crippen molar-refractivity contribution >= 4 is 29.9 Å². The second kappa shape index (κ2) is 10.5. The summed E-state index contributed by atoms with van der Waals surface area (Å²) >= 11 is 0.476. The minimum atomic E-state index is -4.57. The molecule has 2 fully saturated rings. The number of benzene rings is 1. The molecule has 2 heterocycles. The molecule has 1 aromatic carbocycles. The Morgan fingerprint density at radius 1 is 1.27 bits per heavy atom. The lowest BCUT2D eigenvalue weighted by Crippen LogP contribution is -2.38. The summed E-state index contributed by atoms with van der Waals surface area (Å²) in [7, 11) is 0. The van der Waals surface area contributed by atoms with Crippen LogP contribution >= 0.6 is 12.2 Å². The number of aromatic nitrogens is 1. The van der Waals surface area contributed by atoms with Gasteiger partial charge < -0.3 is 19.1 Å². The first-order valence-electron chi connectivity index (χ1n) is 11.9. The molecule has 37 heavy (non-hydrogen) atoms. The van der Waals surface area contributed by atoms with Gasteiger partial charge in [0.05, 0.1) is 24.8 Å². The number of carbonyl (C=O) groups excluding carboxylic acids is 2. The van der Waals surface area contributed by atoms with Gasteiger partial charge in [0.25, 0.3) is 0 Å². The zero-order valence-electron chi connectivity index (χ0n) is 20.7. The Labute approximate surface area is 217 Å². The first kappa shape index (κ1) is 27.2. The van der Waals surface area contributed by atoms with Crippen LogP contribution in [0.15, 0.2) is 30.3 Å². The number of amides is 1. The summed E-state index contributed by atoms with van der Waals surface area (Å²) in [6, 6.07) is 7.24. The van der Waals surface area contributed by atoms with E-state index in [1.165, 1.54) is 6.07 Å². The van der Waals surface area contributed by atoms with Crippen LogP contribution in [0.25, 0.3) is 0 Å². The first-order chi connectivity index (χ1) is 17.5. The number of hydrogen-bond acceptors (Lipinski definition) is 8. The van der Waals surface area contributed by atoms with E-state index in [0.717, 1.165) is 11.6 Å².